The van der Waals surface area contributed by atoms with Gasteiger partial charge >= 0.3 is 5.97 Å². The van der Waals surface area contributed by atoms with Crippen LogP contribution >= 0.6 is 0 Å². The zero-order chi connectivity index (χ0) is 22.8. The van der Waals surface area contributed by atoms with Crippen molar-refractivity contribution in [3.8, 4) is 17.2 Å². The van der Waals surface area contributed by atoms with Gasteiger partial charge in [0.05, 0.1) is 32.5 Å². The predicted octanol–water partition coefficient (Wildman–Crippen LogP) is 3.46. The molecule has 8 nitrogen and oxygen atoms in total. The van der Waals surface area contributed by atoms with Crippen molar-refractivity contribution < 1.29 is 28.5 Å². The lowest BCUT2D eigenvalue weighted by Crippen LogP contribution is -2.27. The summed E-state index contributed by atoms with van der Waals surface area (Å²) >= 11 is 0. The van der Waals surface area contributed by atoms with Crippen LogP contribution in [0.3, 0.4) is 0 Å². The Morgan fingerprint density at radius 2 is 1.45 bits per heavy atom. The Morgan fingerprint density at radius 1 is 0.871 bits per heavy atom. The third-order valence-electron chi connectivity index (χ3n) is 4.86. The SMILES string of the molecule is CCN(CC)CCOC(=O)c1ccc(NC(=O)c2cc(OC)c(OC)cc2OC)cc1. The average molecular weight is 431 g/mol. The highest BCUT2D eigenvalue weighted by molar-refractivity contribution is 6.07. The molecule has 31 heavy (non-hydrogen) atoms. The lowest BCUT2D eigenvalue weighted by Gasteiger charge is -2.17. The van der Waals surface area contributed by atoms with E-state index < -0.39 is 5.97 Å². The molecule has 0 atom stereocenters. The van der Waals surface area contributed by atoms with E-state index in [0.29, 0.717) is 47.2 Å². The number of carbonyl (C=O) groups is 2. The molecular weight excluding hydrogens is 400 g/mol. The number of rotatable bonds is 11. The highest BCUT2D eigenvalue weighted by atomic mass is 16.5. The van der Waals surface area contributed by atoms with Crippen LogP contribution in [0.1, 0.15) is 34.6 Å². The number of methoxy groups -OCH3 is 3. The smallest absolute Gasteiger partial charge is 0.338 e. The van der Waals surface area contributed by atoms with Crippen molar-refractivity contribution in [1.29, 1.82) is 0 Å². The predicted molar refractivity (Wildman–Crippen MR) is 119 cm³/mol. The second-order valence-electron chi connectivity index (χ2n) is 6.60. The molecular formula is C23H30N2O6. The molecule has 0 aromatic heterocycles. The molecule has 1 N–H and O–H groups in total. The van der Waals surface area contributed by atoms with Gasteiger partial charge in [-0.15, -0.1) is 0 Å². The Hall–Kier alpha value is -3.26. The maximum absolute atomic E-state index is 12.8. The molecule has 0 aliphatic heterocycles. The third-order valence-corrected chi connectivity index (χ3v) is 4.86. The van der Waals surface area contributed by atoms with Gasteiger partial charge in [-0.1, -0.05) is 13.8 Å². The summed E-state index contributed by atoms with van der Waals surface area (Å²) in [5.41, 5.74) is 1.24. The number of hydrogen-bond acceptors (Lipinski definition) is 7. The van der Waals surface area contributed by atoms with E-state index in [2.05, 4.69) is 24.1 Å². The highest BCUT2D eigenvalue weighted by Crippen LogP contribution is 2.35. The summed E-state index contributed by atoms with van der Waals surface area (Å²) in [5.74, 6) is 0.443. The number of nitrogens with one attached hydrogen (secondary N) is 1. The van der Waals surface area contributed by atoms with Crippen molar-refractivity contribution in [2.45, 2.75) is 13.8 Å². The van der Waals surface area contributed by atoms with Crippen LogP contribution in [0.15, 0.2) is 36.4 Å². The molecule has 0 bridgehead atoms. The van der Waals surface area contributed by atoms with E-state index >= 15 is 0 Å². The van der Waals surface area contributed by atoms with Crippen LogP contribution in [0.25, 0.3) is 0 Å². The summed E-state index contributed by atoms with van der Waals surface area (Å²) in [7, 11) is 4.47. The summed E-state index contributed by atoms with van der Waals surface area (Å²) < 4.78 is 21.1. The largest absolute Gasteiger partial charge is 0.496 e. The normalized spacial score (nSPS) is 10.5. The molecule has 0 radical (unpaired) electrons. The molecule has 0 fully saturated rings. The first-order valence-electron chi connectivity index (χ1n) is 10.1. The number of likely N-dealkylation sites (N-methyl/N-ethyl adjacent to an activating group) is 1. The zero-order valence-corrected chi connectivity index (χ0v) is 18.7. The van der Waals surface area contributed by atoms with Crippen molar-refractivity contribution in [2.75, 3.05) is 52.9 Å². The van der Waals surface area contributed by atoms with E-state index in [1.807, 2.05) is 0 Å². The van der Waals surface area contributed by atoms with Crippen LogP contribution in [-0.4, -0.2) is 64.3 Å². The van der Waals surface area contributed by atoms with Crippen LogP contribution in [-0.2, 0) is 4.74 Å². The maximum Gasteiger partial charge on any atom is 0.338 e. The fourth-order valence-corrected chi connectivity index (χ4v) is 2.99. The van der Waals surface area contributed by atoms with E-state index in [9.17, 15) is 9.59 Å². The number of hydrogen-bond donors (Lipinski definition) is 1. The Labute approximate surface area is 183 Å². The number of carbonyl (C=O) groups excluding carboxylic acids is 2. The number of esters is 1. The Kier molecular flexibility index (Phi) is 9.14. The van der Waals surface area contributed by atoms with E-state index in [1.54, 1.807) is 36.4 Å². The van der Waals surface area contributed by atoms with Gasteiger partial charge in [0.15, 0.2) is 11.5 Å². The minimum Gasteiger partial charge on any atom is -0.496 e. The maximum atomic E-state index is 12.8. The van der Waals surface area contributed by atoms with Crippen molar-refractivity contribution in [2.24, 2.45) is 0 Å². The van der Waals surface area contributed by atoms with Gasteiger partial charge in [-0.05, 0) is 37.4 Å². The van der Waals surface area contributed by atoms with E-state index in [-0.39, 0.29) is 5.91 Å². The van der Waals surface area contributed by atoms with E-state index in [1.165, 1.54) is 21.3 Å². The van der Waals surface area contributed by atoms with Gasteiger partial charge in [-0.25, -0.2) is 4.79 Å². The molecule has 2 aromatic carbocycles. The summed E-state index contributed by atoms with van der Waals surface area (Å²) in [6.45, 7) is 6.98. The molecule has 0 saturated heterocycles. The van der Waals surface area contributed by atoms with Gasteiger partial charge in [-0.3, -0.25) is 4.79 Å². The van der Waals surface area contributed by atoms with E-state index in [0.717, 1.165) is 13.1 Å². The van der Waals surface area contributed by atoms with Crippen LogP contribution in [0, 0.1) is 0 Å². The molecule has 168 valence electrons. The van der Waals surface area contributed by atoms with Gasteiger partial charge in [0.2, 0.25) is 0 Å². The second kappa shape index (κ2) is 11.8. The number of nitrogens with zero attached hydrogens (tertiary/aromatic N) is 1. The monoisotopic (exact) mass is 430 g/mol. The quantitative estimate of drug-likeness (QED) is 0.546. The first-order valence-corrected chi connectivity index (χ1v) is 10.1. The molecule has 0 heterocycles. The number of amides is 1. The molecule has 0 aliphatic rings. The van der Waals surface area contributed by atoms with Crippen molar-refractivity contribution in [1.82, 2.24) is 4.90 Å². The first kappa shape index (κ1) is 24.0. The third kappa shape index (κ3) is 6.36. The summed E-state index contributed by atoms with van der Waals surface area (Å²) in [4.78, 5) is 27.1. The van der Waals surface area contributed by atoms with Crippen LogP contribution < -0.4 is 19.5 Å². The lowest BCUT2D eigenvalue weighted by molar-refractivity contribution is 0.0466. The fourth-order valence-electron chi connectivity index (χ4n) is 2.99. The molecule has 0 saturated carbocycles. The molecule has 8 heteroatoms. The Bertz CT molecular complexity index is 878. The van der Waals surface area contributed by atoms with Gasteiger partial charge in [0.1, 0.15) is 12.4 Å². The van der Waals surface area contributed by atoms with Crippen molar-refractivity contribution >= 4 is 17.6 Å². The fraction of sp³-hybridized carbons (Fsp3) is 0.391. The van der Waals surface area contributed by atoms with Gasteiger partial charge in [0.25, 0.3) is 5.91 Å². The van der Waals surface area contributed by atoms with Gasteiger partial charge < -0.3 is 29.2 Å². The summed E-state index contributed by atoms with van der Waals surface area (Å²) in [5, 5.41) is 2.79. The lowest BCUT2D eigenvalue weighted by atomic mass is 10.1. The number of ether oxygens (including phenoxy) is 4. The molecule has 2 aromatic rings. The first-order chi connectivity index (χ1) is 15.0. The Balaban J connectivity index is 2.04. The van der Waals surface area contributed by atoms with E-state index in [4.69, 9.17) is 18.9 Å². The molecule has 2 rings (SSSR count). The average Bonchev–Trinajstić information content (AvgIpc) is 2.81. The van der Waals surface area contributed by atoms with Crippen LogP contribution in [0.2, 0.25) is 0 Å². The van der Waals surface area contributed by atoms with Gasteiger partial charge in [-0.2, -0.15) is 0 Å². The number of anilines is 1. The topological polar surface area (TPSA) is 86.3 Å². The standard InChI is InChI=1S/C23H30N2O6/c1-6-25(7-2)12-13-31-23(27)16-8-10-17(11-9-16)24-22(26)18-14-20(29-4)21(30-5)15-19(18)28-3/h8-11,14-15H,6-7,12-13H2,1-5H3,(H,24,26). The summed E-state index contributed by atoms with van der Waals surface area (Å²) in [6, 6.07) is 9.65. The van der Waals surface area contributed by atoms with Crippen molar-refractivity contribution in [3.63, 3.8) is 0 Å². The molecule has 1 amide bonds. The zero-order valence-electron chi connectivity index (χ0n) is 18.7. The van der Waals surface area contributed by atoms with Crippen LogP contribution in [0.4, 0.5) is 5.69 Å². The molecule has 0 spiro atoms. The Morgan fingerprint density at radius 3 is 2.00 bits per heavy atom. The highest BCUT2D eigenvalue weighted by Gasteiger charge is 2.18. The number of benzene rings is 2. The minimum absolute atomic E-state index is 0.292. The second-order valence-corrected chi connectivity index (χ2v) is 6.60. The molecule has 0 unspecified atom stereocenters. The van der Waals surface area contributed by atoms with Crippen molar-refractivity contribution in [3.05, 3.63) is 47.5 Å². The summed E-state index contributed by atoms with van der Waals surface area (Å²) in [6.07, 6.45) is 0. The molecule has 0 aliphatic carbocycles. The minimum atomic E-state index is -0.397. The van der Waals surface area contributed by atoms with Gasteiger partial charge in [0, 0.05) is 24.4 Å². The van der Waals surface area contributed by atoms with Crippen LogP contribution in [0.5, 0.6) is 17.2 Å².